The van der Waals surface area contributed by atoms with E-state index in [1.807, 2.05) is 36.4 Å². The normalized spacial score (nSPS) is 17.3. The quantitative estimate of drug-likeness (QED) is 0.415. The molecule has 0 unspecified atom stereocenters. The summed E-state index contributed by atoms with van der Waals surface area (Å²) in [6, 6.07) is 22.3. The van der Waals surface area contributed by atoms with Crippen molar-refractivity contribution in [2.45, 2.75) is 19.0 Å². The van der Waals surface area contributed by atoms with Crippen molar-refractivity contribution in [2.24, 2.45) is 0 Å². The van der Waals surface area contributed by atoms with Crippen molar-refractivity contribution in [3.63, 3.8) is 0 Å². The van der Waals surface area contributed by atoms with E-state index >= 15 is 0 Å². The molecule has 4 aromatic rings. The van der Waals surface area contributed by atoms with Gasteiger partial charge in [-0.25, -0.2) is 12.8 Å². The van der Waals surface area contributed by atoms with E-state index in [-0.39, 0.29) is 29.8 Å². The maximum Gasteiger partial charge on any atom is 0.255 e. The van der Waals surface area contributed by atoms with E-state index in [0.717, 1.165) is 16.3 Å². The van der Waals surface area contributed by atoms with Gasteiger partial charge in [-0.2, -0.15) is 0 Å². The molecule has 1 aliphatic heterocycles. The van der Waals surface area contributed by atoms with Gasteiger partial charge in [-0.1, -0.05) is 36.4 Å². The van der Waals surface area contributed by atoms with Gasteiger partial charge in [0.1, 0.15) is 17.3 Å². The van der Waals surface area contributed by atoms with Gasteiger partial charge in [0.2, 0.25) is 0 Å². The Labute approximate surface area is 191 Å². The largest absolute Gasteiger partial charge is 0.459 e. The van der Waals surface area contributed by atoms with Crippen molar-refractivity contribution < 1.29 is 22.0 Å². The van der Waals surface area contributed by atoms with Crippen LogP contribution in [0.3, 0.4) is 0 Å². The molecule has 168 valence electrons. The molecule has 1 aliphatic rings. The van der Waals surface area contributed by atoms with E-state index in [1.54, 1.807) is 35.2 Å². The molecule has 7 heteroatoms. The molecule has 0 aliphatic carbocycles. The van der Waals surface area contributed by atoms with Gasteiger partial charge in [0.05, 0.1) is 18.1 Å². The number of halogens is 1. The third-order valence-electron chi connectivity index (χ3n) is 6.05. The predicted molar refractivity (Wildman–Crippen MR) is 125 cm³/mol. The van der Waals surface area contributed by atoms with E-state index < -0.39 is 15.9 Å². The zero-order valence-corrected chi connectivity index (χ0v) is 18.6. The molecule has 5 rings (SSSR count). The first-order valence-electron chi connectivity index (χ1n) is 10.7. The van der Waals surface area contributed by atoms with Crippen molar-refractivity contribution in [3.05, 3.63) is 96.0 Å². The van der Waals surface area contributed by atoms with Crippen LogP contribution in [-0.2, 0) is 16.4 Å². The van der Waals surface area contributed by atoms with Crippen molar-refractivity contribution in [1.82, 2.24) is 4.90 Å². The Bertz CT molecular complexity index is 1420. The first-order valence-corrected chi connectivity index (χ1v) is 12.6. The van der Waals surface area contributed by atoms with Gasteiger partial charge in [0.15, 0.2) is 9.84 Å². The molecule has 5 nitrogen and oxygen atoms in total. The standard InChI is InChI=1S/C26H22FNO4S/c27-20-10-8-19(9-11-20)25-13-12-22(32-25)16-28(21-14-15-33(30,31)17-21)26(29)24-7-3-5-18-4-1-2-6-23(18)24/h1-13,21H,14-17H2/t21-/m1/s1. The van der Waals surface area contributed by atoms with Crippen molar-refractivity contribution in [1.29, 1.82) is 0 Å². The fourth-order valence-electron chi connectivity index (χ4n) is 4.35. The van der Waals surface area contributed by atoms with Gasteiger partial charge in [-0.3, -0.25) is 4.79 Å². The summed E-state index contributed by atoms with van der Waals surface area (Å²) in [5.74, 6) is 0.535. The Morgan fingerprint density at radius 1 is 0.970 bits per heavy atom. The third kappa shape index (κ3) is 4.41. The number of nitrogens with zero attached hydrogens (tertiary/aromatic N) is 1. The average molecular weight is 464 g/mol. The van der Waals surface area contributed by atoms with Crippen molar-refractivity contribution in [3.8, 4) is 11.3 Å². The molecule has 1 atom stereocenters. The minimum Gasteiger partial charge on any atom is -0.459 e. The highest BCUT2D eigenvalue weighted by atomic mass is 32.2. The van der Waals surface area contributed by atoms with E-state index in [4.69, 9.17) is 4.42 Å². The van der Waals surface area contributed by atoms with Crippen LogP contribution in [-0.4, -0.2) is 36.8 Å². The number of carbonyl (C=O) groups excluding carboxylic acids is 1. The maximum absolute atomic E-state index is 13.7. The Hall–Kier alpha value is -3.45. The van der Waals surface area contributed by atoms with E-state index in [9.17, 15) is 17.6 Å². The molecule has 1 fully saturated rings. The highest BCUT2D eigenvalue weighted by Crippen LogP contribution is 2.28. The van der Waals surface area contributed by atoms with Crippen LogP contribution in [0.2, 0.25) is 0 Å². The average Bonchev–Trinajstić information content (AvgIpc) is 3.43. The second kappa shape index (κ2) is 8.48. The second-order valence-corrected chi connectivity index (χ2v) is 10.5. The SMILES string of the molecule is O=C(c1cccc2ccccc12)N(Cc1ccc(-c2ccc(F)cc2)o1)[C@@H]1CCS(=O)(=O)C1. The number of fused-ring (bicyclic) bond motifs is 1. The minimum absolute atomic E-state index is 0.0605. The lowest BCUT2D eigenvalue weighted by atomic mass is 10.0. The van der Waals surface area contributed by atoms with Crippen LogP contribution in [0.4, 0.5) is 4.39 Å². The summed E-state index contributed by atoms with van der Waals surface area (Å²) in [6.07, 6.45) is 0.393. The Morgan fingerprint density at radius 2 is 1.73 bits per heavy atom. The van der Waals surface area contributed by atoms with E-state index in [0.29, 0.717) is 23.5 Å². The van der Waals surface area contributed by atoms with Crippen LogP contribution in [0, 0.1) is 5.82 Å². The lowest BCUT2D eigenvalue weighted by molar-refractivity contribution is 0.0668. The summed E-state index contributed by atoms with van der Waals surface area (Å²) in [5.41, 5.74) is 1.25. The Morgan fingerprint density at radius 3 is 2.48 bits per heavy atom. The highest BCUT2D eigenvalue weighted by molar-refractivity contribution is 7.91. The van der Waals surface area contributed by atoms with Gasteiger partial charge >= 0.3 is 0 Å². The van der Waals surface area contributed by atoms with Crippen LogP contribution in [0.5, 0.6) is 0 Å². The monoisotopic (exact) mass is 463 g/mol. The van der Waals surface area contributed by atoms with Crippen LogP contribution in [0.15, 0.2) is 83.3 Å². The molecule has 0 bridgehead atoms. The number of furan rings is 1. The van der Waals surface area contributed by atoms with Gasteiger partial charge in [-0.15, -0.1) is 0 Å². The topological polar surface area (TPSA) is 67.6 Å². The number of benzene rings is 3. The number of carbonyl (C=O) groups is 1. The lowest BCUT2D eigenvalue weighted by Gasteiger charge is -2.28. The van der Waals surface area contributed by atoms with Gasteiger partial charge in [-0.05, 0) is 59.7 Å². The summed E-state index contributed by atoms with van der Waals surface area (Å²) in [6.45, 7) is 0.142. The lowest BCUT2D eigenvalue weighted by Crippen LogP contribution is -2.40. The number of hydrogen-bond donors (Lipinski definition) is 0. The zero-order chi connectivity index (χ0) is 23.0. The van der Waals surface area contributed by atoms with E-state index in [2.05, 4.69) is 0 Å². The van der Waals surface area contributed by atoms with Gasteiger partial charge in [0.25, 0.3) is 5.91 Å². The molecule has 1 aromatic heterocycles. The molecule has 0 radical (unpaired) electrons. The summed E-state index contributed by atoms with van der Waals surface area (Å²) in [7, 11) is -3.19. The molecule has 0 N–H and O–H groups in total. The van der Waals surface area contributed by atoms with Crippen molar-refractivity contribution >= 4 is 26.5 Å². The second-order valence-electron chi connectivity index (χ2n) is 8.29. The molecule has 0 saturated carbocycles. The first kappa shape index (κ1) is 21.4. The summed E-state index contributed by atoms with van der Waals surface area (Å²) in [4.78, 5) is 15.3. The number of rotatable bonds is 5. The molecule has 2 heterocycles. The van der Waals surface area contributed by atoms with Gasteiger partial charge < -0.3 is 9.32 Å². The number of sulfone groups is 1. The first-order chi connectivity index (χ1) is 15.9. The molecule has 1 saturated heterocycles. The summed E-state index contributed by atoms with van der Waals surface area (Å²) < 4.78 is 43.6. The minimum atomic E-state index is -3.19. The fourth-order valence-corrected chi connectivity index (χ4v) is 6.09. The smallest absolute Gasteiger partial charge is 0.255 e. The van der Waals surface area contributed by atoms with Crippen LogP contribution >= 0.6 is 0 Å². The van der Waals surface area contributed by atoms with Crippen LogP contribution in [0.25, 0.3) is 22.1 Å². The van der Waals surface area contributed by atoms with Crippen LogP contribution < -0.4 is 0 Å². The molecule has 1 amide bonds. The molecule has 33 heavy (non-hydrogen) atoms. The molecule has 0 spiro atoms. The van der Waals surface area contributed by atoms with Gasteiger partial charge in [0, 0.05) is 17.2 Å². The predicted octanol–water partition coefficient (Wildman–Crippen LogP) is 5.07. The van der Waals surface area contributed by atoms with Crippen LogP contribution in [0.1, 0.15) is 22.5 Å². The molecule has 3 aromatic carbocycles. The van der Waals surface area contributed by atoms with E-state index in [1.165, 1.54) is 12.1 Å². The number of amides is 1. The number of hydrogen-bond acceptors (Lipinski definition) is 4. The maximum atomic E-state index is 13.7. The fraction of sp³-hybridized carbons (Fsp3) is 0.192. The highest BCUT2D eigenvalue weighted by Gasteiger charge is 2.36. The third-order valence-corrected chi connectivity index (χ3v) is 7.80. The Balaban J connectivity index is 1.49. The summed E-state index contributed by atoms with van der Waals surface area (Å²) >= 11 is 0. The molecular formula is C26H22FNO4S. The Kier molecular flexibility index (Phi) is 5.50. The van der Waals surface area contributed by atoms with Crippen molar-refractivity contribution in [2.75, 3.05) is 11.5 Å². The summed E-state index contributed by atoms with van der Waals surface area (Å²) in [5, 5.41) is 1.77. The molecular weight excluding hydrogens is 441 g/mol. The zero-order valence-electron chi connectivity index (χ0n) is 17.8.